The quantitative estimate of drug-likeness (QED) is 0.712. The minimum absolute atomic E-state index is 0.0340. The lowest BCUT2D eigenvalue weighted by Crippen LogP contribution is -2.31. The van der Waals surface area contributed by atoms with Crippen molar-refractivity contribution in [3.63, 3.8) is 0 Å². The number of amides is 1. The molecule has 0 spiro atoms. The van der Waals surface area contributed by atoms with Crippen molar-refractivity contribution in [2.45, 2.75) is 6.54 Å². The lowest BCUT2D eigenvalue weighted by molar-refractivity contribution is -0.120. The first-order valence-electron chi connectivity index (χ1n) is 4.66. The van der Waals surface area contributed by atoms with Crippen LogP contribution in [0.3, 0.4) is 0 Å². The number of rotatable bonds is 5. The Kier molecular flexibility index (Phi) is 4.56. The van der Waals surface area contributed by atoms with Crippen LogP contribution in [0.1, 0.15) is 5.56 Å². The molecule has 0 aromatic carbocycles. The summed E-state index contributed by atoms with van der Waals surface area (Å²) in [6.45, 7) is 0.807. The molecule has 0 aliphatic heterocycles. The Hall–Kier alpha value is -1.62. The molecule has 1 heterocycles. The number of pyridine rings is 1. The second kappa shape index (κ2) is 5.98. The smallest absolute Gasteiger partial charge is 0.234 e. The van der Waals surface area contributed by atoms with E-state index in [2.05, 4.69) is 15.6 Å². The molecule has 1 amide bonds. The van der Waals surface area contributed by atoms with Crippen LogP contribution in [0.2, 0.25) is 0 Å². The fourth-order valence-corrected chi connectivity index (χ4v) is 1.10. The van der Waals surface area contributed by atoms with Crippen LogP contribution < -0.4 is 15.4 Å². The van der Waals surface area contributed by atoms with Crippen LogP contribution in [-0.2, 0) is 11.3 Å². The van der Waals surface area contributed by atoms with Crippen LogP contribution >= 0.6 is 0 Å². The Labute approximate surface area is 88.9 Å². The van der Waals surface area contributed by atoms with E-state index in [0.29, 0.717) is 19.0 Å². The molecule has 1 rings (SSSR count). The lowest BCUT2D eigenvalue weighted by Gasteiger charge is -2.05. The Morgan fingerprint density at radius 1 is 1.60 bits per heavy atom. The Balaban J connectivity index is 2.46. The van der Waals surface area contributed by atoms with Crippen molar-refractivity contribution in [3.8, 4) is 5.88 Å². The normalized spacial score (nSPS) is 9.73. The fourth-order valence-electron chi connectivity index (χ4n) is 1.10. The summed E-state index contributed by atoms with van der Waals surface area (Å²) in [4.78, 5) is 15.1. The Morgan fingerprint density at radius 2 is 2.40 bits per heavy atom. The summed E-state index contributed by atoms with van der Waals surface area (Å²) < 4.78 is 4.97. The van der Waals surface area contributed by atoms with Gasteiger partial charge in [-0.3, -0.25) is 4.79 Å². The van der Waals surface area contributed by atoms with Gasteiger partial charge < -0.3 is 15.4 Å². The van der Waals surface area contributed by atoms with Gasteiger partial charge in [0.05, 0.1) is 13.7 Å². The molecule has 5 heteroatoms. The van der Waals surface area contributed by atoms with Crippen molar-refractivity contribution in [2.75, 3.05) is 20.7 Å². The van der Waals surface area contributed by atoms with Crippen LogP contribution in [0.4, 0.5) is 0 Å². The summed E-state index contributed by atoms with van der Waals surface area (Å²) >= 11 is 0. The average Bonchev–Trinajstić information content (AvgIpc) is 2.27. The van der Waals surface area contributed by atoms with Gasteiger partial charge in [-0.15, -0.1) is 0 Å². The topological polar surface area (TPSA) is 63.2 Å². The molecule has 0 aliphatic rings. The van der Waals surface area contributed by atoms with E-state index < -0.39 is 0 Å². The SMILES string of the molecule is CNCC(=O)NCc1ccnc(OC)c1. The molecule has 15 heavy (non-hydrogen) atoms. The second-order valence-corrected chi connectivity index (χ2v) is 3.01. The molecule has 0 aliphatic carbocycles. The van der Waals surface area contributed by atoms with Crippen LogP contribution in [0.5, 0.6) is 5.88 Å². The van der Waals surface area contributed by atoms with E-state index in [1.54, 1.807) is 26.4 Å². The van der Waals surface area contributed by atoms with Gasteiger partial charge in [-0.2, -0.15) is 0 Å². The van der Waals surface area contributed by atoms with Gasteiger partial charge in [0, 0.05) is 18.8 Å². The third-order valence-electron chi connectivity index (χ3n) is 1.84. The van der Waals surface area contributed by atoms with E-state index in [4.69, 9.17) is 4.74 Å². The first-order valence-corrected chi connectivity index (χ1v) is 4.66. The van der Waals surface area contributed by atoms with E-state index in [9.17, 15) is 4.79 Å². The van der Waals surface area contributed by atoms with Gasteiger partial charge >= 0.3 is 0 Å². The molecule has 0 fully saturated rings. The molecule has 0 saturated carbocycles. The van der Waals surface area contributed by atoms with Gasteiger partial charge in [0.2, 0.25) is 11.8 Å². The highest BCUT2D eigenvalue weighted by atomic mass is 16.5. The van der Waals surface area contributed by atoms with Crippen molar-refractivity contribution in [1.82, 2.24) is 15.6 Å². The predicted molar refractivity (Wildman–Crippen MR) is 56.6 cm³/mol. The number of carbonyl (C=O) groups excluding carboxylic acids is 1. The monoisotopic (exact) mass is 209 g/mol. The predicted octanol–water partition coefficient (Wildman–Crippen LogP) is -0.0742. The van der Waals surface area contributed by atoms with Crippen molar-refractivity contribution in [2.24, 2.45) is 0 Å². The highest BCUT2D eigenvalue weighted by Crippen LogP contribution is 2.07. The summed E-state index contributed by atoms with van der Waals surface area (Å²) in [6.07, 6.45) is 1.65. The highest BCUT2D eigenvalue weighted by Gasteiger charge is 2.00. The number of likely N-dealkylation sites (N-methyl/N-ethyl adjacent to an activating group) is 1. The summed E-state index contributed by atoms with van der Waals surface area (Å²) in [5.41, 5.74) is 0.964. The minimum atomic E-state index is -0.0340. The molecular weight excluding hydrogens is 194 g/mol. The van der Waals surface area contributed by atoms with Crippen molar-refractivity contribution in [1.29, 1.82) is 0 Å². The van der Waals surface area contributed by atoms with Gasteiger partial charge in [0.15, 0.2) is 0 Å². The second-order valence-electron chi connectivity index (χ2n) is 3.01. The van der Waals surface area contributed by atoms with E-state index in [1.807, 2.05) is 6.07 Å². The zero-order valence-electron chi connectivity index (χ0n) is 8.91. The Morgan fingerprint density at radius 3 is 3.07 bits per heavy atom. The minimum Gasteiger partial charge on any atom is -0.481 e. The van der Waals surface area contributed by atoms with Crippen LogP contribution in [0, 0.1) is 0 Å². The number of hydrogen-bond donors (Lipinski definition) is 2. The average molecular weight is 209 g/mol. The van der Waals surface area contributed by atoms with Crippen molar-refractivity contribution < 1.29 is 9.53 Å². The molecular formula is C10H15N3O2. The van der Waals surface area contributed by atoms with Crippen LogP contribution in [0.15, 0.2) is 18.3 Å². The van der Waals surface area contributed by atoms with Crippen molar-refractivity contribution >= 4 is 5.91 Å². The molecule has 5 nitrogen and oxygen atoms in total. The summed E-state index contributed by atoms with van der Waals surface area (Å²) in [7, 11) is 3.29. The first-order chi connectivity index (χ1) is 7.26. The summed E-state index contributed by atoms with van der Waals surface area (Å²) in [5.74, 6) is 0.517. The molecule has 0 bridgehead atoms. The zero-order chi connectivity index (χ0) is 11.1. The third kappa shape index (κ3) is 3.95. The molecule has 0 unspecified atom stereocenters. The van der Waals surface area contributed by atoms with Gasteiger partial charge in [-0.05, 0) is 18.7 Å². The molecule has 1 aromatic rings. The third-order valence-corrected chi connectivity index (χ3v) is 1.84. The summed E-state index contributed by atoms with van der Waals surface area (Å²) in [5, 5.41) is 5.54. The zero-order valence-corrected chi connectivity index (χ0v) is 8.91. The van der Waals surface area contributed by atoms with Crippen LogP contribution in [-0.4, -0.2) is 31.6 Å². The van der Waals surface area contributed by atoms with E-state index >= 15 is 0 Å². The van der Waals surface area contributed by atoms with Crippen LogP contribution in [0.25, 0.3) is 0 Å². The largest absolute Gasteiger partial charge is 0.481 e. The van der Waals surface area contributed by atoms with Crippen molar-refractivity contribution in [3.05, 3.63) is 23.9 Å². The molecule has 1 aromatic heterocycles. The van der Waals surface area contributed by atoms with Gasteiger partial charge in [-0.25, -0.2) is 4.98 Å². The number of methoxy groups -OCH3 is 1. The number of nitrogens with zero attached hydrogens (tertiary/aromatic N) is 1. The molecule has 82 valence electrons. The first kappa shape index (κ1) is 11.5. The number of carbonyl (C=O) groups is 1. The fraction of sp³-hybridized carbons (Fsp3) is 0.400. The highest BCUT2D eigenvalue weighted by molar-refractivity contribution is 5.77. The van der Waals surface area contributed by atoms with Gasteiger partial charge in [0.1, 0.15) is 0 Å². The number of hydrogen-bond acceptors (Lipinski definition) is 4. The molecule has 0 radical (unpaired) electrons. The lowest BCUT2D eigenvalue weighted by atomic mass is 10.2. The maximum atomic E-state index is 11.2. The number of ether oxygens (including phenoxy) is 1. The van der Waals surface area contributed by atoms with Gasteiger partial charge in [0.25, 0.3) is 0 Å². The van der Waals surface area contributed by atoms with E-state index in [0.717, 1.165) is 5.56 Å². The standard InChI is InChI=1S/C10H15N3O2/c1-11-7-9(14)13-6-8-3-4-12-10(5-8)15-2/h3-5,11H,6-7H2,1-2H3,(H,13,14). The number of aromatic nitrogens is 1. The van der Waals surface area contributed by atoms with E-state index in [-0.39, 0.29) is 5.91 Å². The molecule has 0 saturated heterocycles. The summed E-state index contributed by atoms with van der Waals surface area (Å²) in [6, 6.07) is 3.63. The van der Waals surface area contributed by atoms with E-state index in [1.165, 1.54) is 0 Å². The Bertz CT molecular complexity index is 328. The van der Waals surface area contributed by atoms with Gasteiger partial charge in [-0.1, -0.05) is 0 Å². The number of nitrogens with one attached hydrogen (secondary N) is 2. The maximum absolute atomic E-state index is 11.2. The molecule has 2 N–H and O–H groups in total. The molecule has 0 atom stereocenters. The maximum Gasteiger partial charge on any atom is 0.234 e.